The maximum absolute atomic E-state index is 4.99. The van der Waals surface area contributed by atoms with Crippen LogP contribution in [0.1, 0.15) is 33.1 Å². The van der Waals surface area contributed by atoms with Gasteiger partial charge in [-0.3, -0.25) is 0 Å². The van der Waals surface area contributed by atoms with Crippen LogP contribution in [0.15, 0.2) is 0 Å². The van der Waals surface area contributed by atoms with Gasteiger partial charge < -0.3 is 15.0 Å². The number of rotatable bonds is 11. The van der Waals surface area contributed by atoms with Gasteiger partial charge in [-0.15, -0.1) is 0 Å². The summed E-state index contributed by atoms with van der Waals surface area (Å²) in [5.41, 5.74) is 0. The summed E-state index contributed by atoms with van der Waals surface area (Å²) in [5.74, 6) is 0. The molecule has 0 aromatic heterocycles. The van der Waals surface area contributed by atoms with E-state index in [0.717, 1.165) is 26.1 Å². The summed E-state index contributed by atoms with van der Waals surface area (Å²) >= 11 is 0. The number of methoxy groups -OCH3 is 1. The van der Waals surface area contributed by atoms with E-state index < -0.39 is 0 Å². The van der Waals surface area contributed by atoms with Crippen LogP contribution >= 0.6 is 0 Å². The van der Waals surface area contributed by atoms with Gasteiger partial charge in [0.25, 0.3) is 0 Å². The fraction of sp³-hybridized carbons (Fsp3) is 1.00. The molecule has 0 bridgehead atoms. The largest absolute Gasteiger partial charge is 0.385 e. The van der Waals surface area contributed by atoms with E-state index in [4.69, 9.17) is 4.74 Å². The molecule has 0 spiro atoms. The Kier molecular flexibility index (Phi) is 11.9. The lowest BCUT2D eigenvalue weighted by Gasteiger charge is -2.19. The average Bonchev–Trinajstić information content (AvgIpc) is 2.26. The fourth-order valence-electron chi connectivity index (χ4n) is 1.64. The molecule has 0 aromatic carbocycles. The maximum atomic E-state index is 4.99. The van der Waals surface area contributed by atoms with Gasteiger partial charge >= 0.3 is 0 Å². The smallest absolute Gasteiger partial charge is 0.0474 e. The highest BCUT2D eigenvalue weighted by molar-refractivity contribution is 4.56. The van der Waals surface area contributed by atoms with E-state index in [0.29, 0.717) is 0 Å². The third kappa shape index (κ3) is 10.2. The predicted octanol–water partition coefficient (Wildman–Crippen LogP) is 1.73. The quantitative estimate of drug-likeness (QED) is 0.532. The molecule has 0 atom stereocenters. The van der Waals surface area contributed by atoms with Gasteiger partial charge in [-0.25, -0.2) is 0 Å². The molecule has 3 heteroatoms. The Bertz CT molecular complexity index is 120. The lowest BCUT2D eigenvalue weighted by Crippen LogP contribution is -2.28. The zero-order valence-electron chi connectivity index (χ0n) is 10.7. The molecule has 0 fully saturated rings. The molecule has 0 amide bonds. The molecule has 0 radical (unpaired) electrons. The normalized spacial score (nSPS) is 11.2. The van der Waals surface area contributed by atoms with Crippen LogP contribution in [0.4, 0.5) is 0 Å². The molecule has 0 aromatic rings. The second kappa shape index (κ2) is 12.0. The molecule has 0 aliphatic rings. The molecule has 0 saturated carbocycles. The molecule has 15 heavy (non-hydrogen) atoms. The minimum atomic E-state index is 0.865. The van der Waals surface area contributed by atoms with Crippen LogP contribution in [0.2, 0.25) is 0 Å². The van der Waals surface area contributed by atoms with E-state index in [1.165, 1.54) is 32.5 Å². The first-order chi connectivity index (χ1) is 7.35. The lowest BCUT2D eigenvalue weighted by molar-refractivity contribution is 0.194. The summed E-state index contributed by atoms with van der Waals surface area (Å²) in [4.78, 5) is 2.51. The number of hydrogen-bond acceptors (Lipinski definition) is 3. The van der Waals surface area contributed by atoms with Crippen molar-refractivity contribution in [3.63, 3.8) is 0 Å². The van der Waals surface area contributed by atoms with Crippen molar-refractivity contribution in [3.8, 4) is 0 Å². The van der Waals surface area contributed by atoms with Gasteiger partial charge in [0.2, 0.25) is 0 Å². The first-order valence-electron chi connectivity index (χ1n) is 6.27. The Morgan fingerprint density at radius 3 is 2.40 bits per heavy atom. The van der Waals surface area contributed by atoms with Gasteiger partial charge in [0.05, 0.1) is 0 Å². The first kappa shape index (κ1) is 14.9. The highest BCUT2D eigenvalue weighted by Gasteiger charge is 1.99. The lowest BCUT2D eigenvalue weighted by atomic mass is 10.3. The van der Waals surface area contributed by atoms with Crippen LogP contribution in [-0.4, -0.2) is 51.3 Å². The van der Waals surface area contributed by atoms with Crippen LogP contribution in [0.3, 0.4) is 0 Å². The SMILES string of the molecule is CCCN(CC)CCCNCCCOC. The molecule has 0 aliphatic heterocycles. The Morgan fingerprint density at radius 1 is 1.07 bits per heavy atom. The molecule has 0 unspecified atom stereocenters. The Balaban J connectivity index is 3.14. The second-order valence-electron chi connectivity index (χ2n) is 3.88. The highest BCUT2D eigenvalue weighted by Crippen LogP contribution is 1.92. The van der Waals surface area contributed by atoms with E-state index in [1.807, 2.05) is 0 Å². The molecule has 3 nitrogen and oxygen atoms in total. The minimum absolute atomic E-state index is 0.865. The minimum Gasteiger partial charge on any atom is -0.385 e. The summed E-state index contributed by atoms with van der Waals surface area (Å²) in [6.45, 7) is 11.2. The molecule has 92 valence electrons. The van der Waals surface area contributed by atoms with Gasteiger partial charge in [0.1, 0.15) is 0 Å². The first-order valence-corrected chi connectivity index (χ1v) is 6.27. The van der Waals surface area contributed by atoms with Crippen molar-refractivity contribution in [2.45, 2.75) is 33.1 Å². The number of hydrogen-bond donors (Lipinski definition) is 1. The van der Waals surface area contributed by atoms with E-state index in [1.54, 1.807) is 7.11 Å². The van der Waals surface area contributed by atoms with E-state index in [2.05, 4.69) is 24.1 Å². The topological polar surface area (TPSA) is 24.5 Å². The number of nitrogens with one attached hydrogen (secondary N) is 1. The van der Waals surface area contributed by atoms with Gasteiger partial charge in [0, 0.05) is 13.7 Å². The molecule has 0 heterocycles. The van der Waals surface area contributed by atoms with Gasteiger partial charge in [0.15, 0.2) is 0 Å². The molecular weight excluding hydrogens is 188 g/mol. The summed E-state index contributed by atoms with van der Waals surface area (Å²) < 4.78 is 4.99. The fourth-order valence-corrected chi connectivity index (χ4v) is 1.64. The summed E-state index contributed by atoms with van der Waals surface area (Å²) in [6.07, 6.45) is 3.62. The van der Waals surface area contributed by atoms with Crippen molar-refractivity contribution < 1.29 is 4.74 Å². The molecular formula is C12H28N2O. The van der Waals surface area contributed by atoms with Crippen molar-refractivity contribution in [1.82, 2.24) is 10.2 Å². The van der Waals surface area contributed by atoms with Crippen LogP contribution < -0.4 is 5.32 Å². The van der Waals surface area contributed by atoms with Crippen molar-refractivity contribution in [1.29, 1.82) is 0 Å². The van der Waals surface area contributed by atoms with Gasteiger partial charge in [-0.05, 0) is 52.0 Å². The molecule has 1 N–H and O–H groups in total. The van der Waals surface area contributed by atoms with E-state index in [9.17, 15) is 0 Å². The molecule has 0 aliphatic carbocycles. The molecule has 0 rings (SSSR count). The monoisotopic (exact) mass is 216 g/mol. The summed E-state index contributed by atoms with van der Waals surface area (Å²) in [5, 5.41) is 3.44. The van der Waals surface area contributed by atoms with Crippen LogP contribution in [0.25, 0.3) is 0 Å². The Labute approximate surface area is 95.2 Å². The van der Waals surface area contributed by atoms with Gasteiger partial charge in [-0.1, -0.05) is 13.8 Å². The predicted molar refractivity (Wildman–Crippen MR) is 66.4 cm³/mol. The zero-order chi connectivity index (χ0) is 11.4. The summed E-state index contributed by atoms with van der Waals surface area (Å²) in [7, 11) is 1.75. The average molecular weight is 216 g/mol. The third-order valence-corrected chi connectivity index (χ3v) is 2.52. The Hall–Kier alpha value is -0.120. The maximum Gasteiger partial charge on any atom is 0.0474 e. The highest BCUT2D eigenvalue weighted by atomic mass is 16.5. The van der Waals surface area contributed by atoms with Crippen molar-refractivity contribution in [3.05, 3.63) is 0 Å². The van der Waals surface area contributed by atoms with Gasteiger partial charge in [-0.2, -0.15) is 0 Å². The standard InChI is InChI=1S/C12H28N2O/c1-4-10-14(5-2)11-6-8-13-9-7-12-15-3/h13H,4-12H2,1-3H3. The van der Waals surface area contributed by atoms with Crippen LogP contribution in [-0.2, 0) is 4.74 Å². The van der Waals surface area contributed by atoms with Crippen molar-refractivity contribution in [2.24, 2.45) is 0 Å². The second-order valence-corrected chi connectivity index (χ2v) is 3.88. The molecule has 0 saturated heterocycles. The van der Waals surface area contributed by atoms with Crippen molar-refractivity contribution >= 4 is 0 Å². The summed E-state index contributed by atoms with van der Waals surface area (Å²) in [6, 6.07) is 0. The zero-order valence-corrected chi connectivity index (χ0v) is 10.7. The Morgan fingerprint density at radius 2 is 1.80 bits per heavy atom. The number of ether oxygens (including phenoxy) is 1. The third-order valence-electron chi connectivity index (χ3n) is 2.52. The van der Waals surface area contributed by atoms with Crippen LogP contribution in [0, 0.1) is 0 Å². The van der Waals surface area contributed by atoms with E-state index in [-0.39, 0.29) is 0 Å². The number of nitrogens with zero attached hydrogens (tertiary/aromatic N) is 1. The van der Waals surface area contributed by atoms with Crippen LogP contribution in [0.5, 0.6) is 0 Å². The van der Waals surface area contributed by atoms with Crippen molar-refractivity contribution in [2.75, 3.05) is 46.4 Å². The van der Waals surface area contributed by atoms with E-state index >= 15 is 0 Å².